The smallest absolute Gasteiger partial charge is 0.147 e. The number of anilines is 2. The normalized spacial score (nSPS) is 14.7. The summed E-state index contributed by atoms with van der Waals surface area (Å²) in [6, 6.07) is 11.0. The topological polar surface area (TPSA) is 54.2 Å². The Hall–Kier alpha value is -1.59. The van der Waals surface area contributed by atoms with Crippen LogP contribution in [-0.4, -0.2) is 35.5 Å². The van der Waals surface area contributed by atoms with Gasteiger partial charge in [-0.1, -0.05) is 30.3 Å². The third-order valence-corrected chi connectivity index (χ3v) is 4.52. The minimum Gasteiger partial charge on any atom is -0.382 e. The molecule has 106 valence electrons. The van der Waals surface area contributed by atoms with Crippen molar-refractivity contribution in [2.24, 2.45) is 0 Å². The van der Waals surface area contributed by atoms with Crippen LogP contribution in [0.5, 0.6) is 0 Å². The number of nitrogens with one attached hydrogen (secondary N) is 1. The Labute approximate surface area is 123 Å². The van der Waals surface area contributed by atoms with Gasteiger partial charge in [-0.25, -0.2) is 0 Å². The predicted molar refractivity (Wildman–Crippen MR) is 86.1 cm³/mol. The van der Waals surface area contributed by atoms with Gasteiger partial charge < -0.3 is 16.0 Å². The van der Waals surface area contributed by atoms with E-state index in [4.69, 9.17) is 5.73 Å². The summed E-state index contributed by atoms with van der Waals surface area (Å²) in [5.74, 6) is 0.610. The third-order valence-electron chi connectivity index (χ3n) is 3.70. The van der Waals surface area contributed by atoms with Gasteiger partial charge in [-0.15, -0.1) is 0 Å². The molecule has 1 aromatic heterocycles. The molecule has 0 atom stereocenters. The molecule has 1 saturated carbocycles. The van der Waals surface area contributed by atoms with Crippen molar-refractivity contribution in [2.75, 3.05) is 31.2 Å². The Morgan fingerprint density at radius 3 is 2.80 bits per heavy atom. The Morgan fingerprint density at radius 1 is 1.35 bits per heavy atom. The van der Waals surface area contributed by atoms with Crippen LogP contribution in [0.1, 0.15) is 12.8 Å². The van der Waals surface area contributed by atoms with E-state index in [0.29, 0.717) is 5.82 Å². The summed E-state index contributed by atoms with van der Waals surface area (Å²) in [5, 5.41) is 4.55. The van der Waals surface area contributed by atoms with E-state index in [2.05, 4.69) is 33.8 Å². The standard InChI is InChI=1S/C15H20N4S/c1-19(12-7-8-12)10-9-17-15-13(14(16)18-20-15)11-5-3-2-4-6-11/h2-6,12,17H,7-10H2,1H3,(H2,16,18). The number of nitrogens with zero attached hydrogens (tertiary/aromatic N) is 2. The van der Waals surface area contributed by atoms with Crippen LogP contribution in [0.15, 0.2) is 30.3 Å². The van der Waals surface area contributed by atoms with Crippen LogP contribution in [0.4, 0.5) is 10.8 Å². The fourth-order valence-corrected chi connectivity index (χ4v) is 3.11. The monoisotopic (exact) mass is 288 g/mol. The fourth-order valence-electron chi connectivity index (χ4n) is 2.35. The highest BCUT2D eigenvalue weighted by molar-refractivity contribution is 7.11. The van der Waals surface area contributed by atoms with Gasteiger partial charge in [0.25, 0.3) is 0 Å². The van der Waals surface area contributed by atoms with Gasteiger partial charge >= 0.3 is 0 Å². The number of hydrogen-bond donors (Lipinski definition) is 2. The molecule has 3 rings (SSSR count). The highest BCUT2D eigenvalue weighted by Gasteiger charge is 2.25. The molecule has 3 N–H and O–H groups in total. The first-order valence-electron chi connectivity index (χ1n) is 7.00. The quantitative estimate of drug-likeness (QED) is 0.858. The summed E-state index contributed by atoms with van der Waals surface area (Å²) in [4.78, 5) is 2.42. The number of aromatic nitrogens is 1. The Balaban J connectivity index is 1.67. The molecule has 0 radical (unpaired) electrons. The zero-order valence-electron chi connectivity index (χ0n) is 11.7. The molecule has 1 aliphatic carbocycles. The summed E-state index contributed by atoms with van der Waals surface area (Å²) in [6.07, 6.45) is 2.69. The van der Waals surface area contributed by atoms with Crippen molar-refractivity contribution in [1.29, 1.82) is 0 Å². The second-order valence-corrected chi connectivity index (χ2v) is 6.05. The van der Waals surface area contributed by atoms with Crippen LogP contribution in [0.25, 0.3) is 11.1 Å². The van der Waals surface area contributed by atoms with Crippen LogP contribution in [0, 0.1) is 0 Å². The molecule has 0 amide bonds. The molecule has 0 unspecified atom stereocenters. The second-order valence-electron chi connectivity index (χ2n) is 5.28. The Morgan fingerprint density at radius 2 is 2.10 bits per heavy atom. The molecule has 1 aromatic carbocycles. The highest BCUT2D eigenvalue weighted by atomic mass is 32.1. The average Bonchev–Trinajstić information content (AvgIpc) is 3.25. The minimum absolute atomic E-state index is 0.610. The number of likely N-dealkylation sites (N-methyl/N-ethyl adjacent to an activating group) is 1. The van der Waals surface area contributed by atoms with Crippen molar-refractivity contribution < 1.29 is 0 Å². The summed E-state index contributed by atoms with van der Waals surface area (Å²) in [5.41, 5.74) is 8.17. The van der Waals surface area contributed by atoms with Gasteiger partial charge in [0.05, 0.1) is 5.56 Å². The van der Waals surface area contributed by atoms with Gasteiger partial charge in [0.1, 0.15) is 10.8 Å². The van der Waals surface area contributed by atoms with Gasteiger partial charge in [-0.05, 0) is 37.0 Å². The van der Waals surface area contributed by atoms with Gasteiger partial charge in [-0.3, -0.25) is 0 Å². The maximum atomic E-state index is 6.01. The third kappa shape index (κ3) is 2.94. The SMILES string of the molecule is CN(CCNc1snc(N)c1-c1ccccc1)C1CC1. The molecule has 20 heavy (non-hydrogen) atoms. The number of benzene rings is 1. The molecular weight excluding hydrogens is 268 g/mol. The van der Waals surface area contributed by atoms with Crippen molar-refractivity contribution in [3.05, 3.63) is 30.3 Å². The summed E-state index contributed by atoms with van der Waals surface area (Å²) in [6.45, 7) is 1.98. The number of nitrogen functional groups attached to an aromatic ring is 1. The molecule has 0 saturated heterocycles. The largest absolute Gasteiger partial charge is 0.382 e. The summed E-state index contributed by atoms with van der Waals surface area (Å²) >= 11 is 1.44. The van der Waals surface area contributed by atoms with Gasteiger partial charge in [-0.2, -0.15) is 4.37 Å². The maximum absolute atomic E-state index is 6.01. The average molecular weight is 288 g/mol. The first-order valence-corrected chi connectivity index (χ1v) is 7.77. The molecule has 0 spiro atoms. The van der Waals surface area contributed by atoms with Gasteiger partial charge in [0.15, 0.2) is 0 Å². The summed E-state index contributed by atoms with van der Waals surface area (Å²) in [7, 11) is 2.19. The van der Waals surface area contributed by atoms with Crippen molar-refractivity contribution in [1.82, 2.24) is 9.27 Å². The number of nitrogens with two attached hydrogens (primary N) is 1. The highest BCUT2D eigenvalue weighted by Crippen LogP contribution is 2.36. The van der Waals surface area contributed by atoms with Crippen molar-refractivity contribution in [3.8, 4) is 11.1 Å². The molecular formula is C15H20N4S. The van der Waals surface area contributed by atoms with E-state index in [1.807, 2.05) is 18.2 Å². The van der Waals surface area contributed by atoms with Crippen molar-refractivity contribution in [3.63, 3.8) is 0 Å². The molecule has 0 bridgehead atoms. The zero-order valence-corrected chi connectivity index (χ0v) is 12.5. The number of hydrogen-bond acceptors (Lipinski definition) is 5. The van der Waals surface area contributed by atoms with E-state index >= 15 is 0 Å². The summed E-state index contributed by atoms with van der Waals surface area (Å²) < 4.78 is 4.28. The van der Waals surface area contributed by atoms with Crippen molar-refractivity contribution >= 4 is 22.4 Å². The van der Waals surface area contributed by atoms with Gasteiger partial charge in [0.2, 0.25) is 0 Å². The Bertz CT molecular complexity index is 563. The van der Waals surface area contributed by atoms with Crippen LogP contribution < -0.4 is 11.1 Å². The molecule has 0 aliphatic heterocycles. The lowest BCUT2D eigenvalue weighted by Gasteiger charge is -2.16. The van der Waals surface area contributed by atoms with Gasteiger partial charge in [0, 0.05) is 19.1 Å². The fraction of sp³-hybridized carbons (Fsp3) is 0.400. The second kappa shape index (κ2) is 5.81. The lowest BCUT2D eigenvalue weighted by atomic mass is 10.1. The Kier molecular flexibility index (Phi) is 3.89. The molecule has 1 aliphatic rings. The zero-order chi connectivity index (χ0) is 13.9. The van der Waals surface area contributed by atoms with E-state index < -0.39 is 0 Å². The minimum atomic E-state index is 0.610. The van der Waals surface area contributed by atoms with Crippen LogP contribution in [0.3, 0.4) is 0 Å². The predicted octanol–water partition coefficient (Wildman–Crippen LogP) is 2.90. The van der Waals surface area contributed by atoms with Crippen LogP contribution >= 0.6 is 11.5 Å². The van der Waals surface area contributed by atoms with Crippen LogP contribution in [-0.2, 0) is 0 Å². The van der Waals surface area contributed by atoms with Crippen LogP contribution in [0.2, 0.25) is 0 Å². The molecule has 2 aromatic rings. The van der Waals surface area contributed by atoms with E-state index in [-0.39, 0.29) is 0 Å². The lowest BCUT2D eigenvalue weighted by molar-refractivity contribution is 0.337. The number of rotatable bonds is 6. The molecule has 4 nitrogen and oxygen atoms in total. The first kappa shape index (κ1) is 13.4. The van der Waals surface area contributed by atoms with E-state index in [0.717, 1.165) is 35.3 Å². The molecule has 1 fully saturated rings. The van der Waals surface area contributed by atoms with E-state index in [9.17, 15) is 0 Å². The van der Waals surface area contributed by atoms with Crippen molar-refractivity contribution in [2.45, 2.75) is 18.9 Å². The van der Waals surface area contributed by atoms with E-state index in [1.54, 1.807) is 0 Å². The van der Waals surface area contributed by atoms with E-state index in [1.165, 1.54) is 24.4 Å². The maximum Gasteiger partial charge on any atom is 0.147 e. The lowest BCUT2D eigenvalue weighted by Crippen LogP contribution is -2.26. The molecule has 1 heterocycles. The molecule has 5 heteroatoms. The first-order chi connectivity index (χ1) is 9.75.